The Morgan fingerprint density at radius 2 is 1.54 bits per heavy atom. The molecule has 0 bridgehead atoms. The smallest absolute Gasteiger partial charge is 0.264 e. The number of carbonyl (C=O) groups is 1. The number of carbonyl (C=O) groups excluding carboxylic acids is 1. The summed E-state index contributed by atoms with van der Waals surface area (Å²) >= 11 is 8.04. The van der Waals surface area contributed by atoms with Crippen molar-refractivity contribution < 1.29 is 13.2 Å². The van der Waals surface area contributed by atoms with Crippen LogP contribution in [0.4, 0.5) is 11.4 Å². The minimum Gasteiger partial charge on any atom is -0.325 e. The van der Waals surface area contributed by atoms with Crippen molar-refractivity contribution in [3.63, 3.8) is 0 Å². The standard InChI is InChI=1S/C20H16ClIN2O3S/c21-15-6-12-19(13-7-15)28(26,27)24(18-4-2-1-3-5-18)14-20(25)23-17-10-8-16(22)9-11-17/h1-13H,14H2,(H,23,25). The van der Waals surface area contributed by atoms with Crippen LogP contribution in [-0.2, 0) is 14.8 Å². The van der Waals surface area contributed by atoms with E-state index in [0.29, 0.717) is 16.4 Å². The second-order valence-corrected chi connectivity index (χ2v) is 9.40. The monoisotopic (exact) mass is 526 g/mol. The van der Waals surface area contributed by atoms with Crippen LogP contribution in [-0.4, -0.2) is 20.9 Å². The number of para-hydroxylation sites is 1. The van der Waals surface area contributed by atoms with Crippen LogP contribution in [0, 0.1) is 3.57 Å². The van der Waals surface area contributed by atoms with E-state index in [4.69, 9.17) is 11.6 Å². The van der Waals surface area contributed by atoms with Gasteiger partial charge in [-0.05, 0) is 83.3 Å². The molecule has 0 spiro atoms. The molecule has 0 saturated heterocycles. The Morgan fingerprint density at radius 3 is 2.14 bits per heavy atom. The van der Waals surface area contributed by atoms with E-state index in [2.05, 4.69) is 27.9 Å². The maximum Gasteiger partial charge on any atom is 0.264 e. The van der Waals surface area contributed by atoms with Gasteiger partial charge in [-0.2, -0.15) is 0 Å². The topological polar surface area (TPSA) is 66.5 Å². The molecule has 0 aliphatic heterocycles. The quantitative estimate of drug-likeness (QED) is 0.470. The molecular formula is C20H16ClIN2O3S. The van der Waals surface area contributed by atoms with Gasteiger partial charge in [0.25, 0.3) is 10.0 Å². The highest BCUT2D eigenvalue weighted by molar-refractivity contribution is 14.1. The van der Waals surface area contributed by atoms with E-state index in [-0.39, 0.29) is 11.4 Å². The molecule has 8 heteroatoms. The van der Waals surface area contributed by atoms with E-state index in [9.17, 15) is 13.2 Å². The molecule has 28 heavy (non-hydrogen) atoms. The van der Waals surface area contributed by atoms with Gasteiger partial charge in [-0.25, -0.2) is 8.42 Å². The van der Waals surface area contributed by atoms with E-state index < -0.39 is 15.9 Å². The van der Waals surface area contributed by atoms with Crippen molar-refractivity contribution >= 4 is 61.5 Å². The highest BCUT2D eigenvalue weighted by Gasteiger charge is 2.27. The van der Waals surface area contributed by atoms with Crippen molar-refractivity contribution in [2.24, 2.45) is 0 Å². The Balaban J connectivity index is 1.90. The Labute approximate surface area is 182 Å². The van der Waals surface area contributed by atoms with Crippen molar-refractivity contribution in [2.45, 2.75) is 4.90 Å². The maximum atomic E-state index is 13.2. The summed E-state index contributed by atoms with van der Waals surface area (Å²) in [6.45, 7) is -0.360. The number of amides is 1. The van der Waals surface area contributed by atoms with E-state index in [1.54, 1.807) is 42.5 Å². The lowest BCUT2D eigenvalue weighted by Gasteiger charge is -2.24. The average Bonchev–Trinajstić information content (AvgIpc) is 2.69. The number of sulfonamides is 1. The third-order valence-corrected chi connectivity index (χ3v) is 6.62. The first kappa shape index (κ1) is 20.6. The molecule has 3 aromatic rings. The van der Waals surface area contributed by atoms with Gasteiger partial charge in [-0.1, -0.05) is 29.8 Å². The van der Waals surface area contributed by atoms with Gasteiger partial charge in [0.2, 0.25) is 5.91 Å². The fourth-order valence-corrected chi connectivity index (χ4v) is 4.41. The molecular weight excluding hydrogens is 511 g/mol. The lowest BCUT2D eigenvalue weighted by Crippen LogP contribution is -2.38. The number of anilines is 2. The Bertz CT molecular complexity index is 1060. The van der Waals surface area contributed by atoms with Crippen LogP contribution in [0.5, 0.6) is 0 Å². The van der Waals surface area contributed by atoms with Gasteiger partial charge in [0.05, 0.1) is 10.6 Å². The summed E-state index contributed by atoms with van der Waals surface area (Å²) in [5, 5.41) is 3.16. The Hall–Kier alpha value is -2.10. The summed E-state index contributed by atoms with van der Waals surface area (Å²) in [6, 6.07) is 21.6. The molecule has 5 nitrogen and oxygen atoms in total. The molecule has 1 N–H and O–H groups in total. The van der Waals surface area contributed by atoms with Crippen LogP contribution < -0.4 is 9.62 Å². The normalized spacial score (nSPS) is 11.1. The molecule has 3 rings (SSSR count). The predicted octanol–water partition coefficient (Wildman–Crippen LogP) is 4.78. The maximum absolute atomic E-state index is 13.2. The van der Waals surface area contributed by atoms with E-state index in [1.807, 2.05) is 12.1 Å². The Morgan fingerprint density at radius 1 is 0.929 bits per heavy atom. The fraction of sp³-hybridized carbons (Fsp3) is 0.0500. The van der Waals surface area contributed by atoms with Gasteiger partial charge in [0, 0.05) is 14.3 Å². The minimum absolute atomic E-state index is 0.0582. The van der Waals surface area contributed by atoms with Crippen molar-refractivity contribution in [2.75, 3.05) is 16.2 Å². The van der Waals surface area contributed by atoms with E-state index in [1.165, 1.54) is 24.3 Å². The SMILES string of the molecule is O=C(CN(c1ccccc1)S(=O)(=O)c1ccc(Cl)cc1)Nc1ccc(I)cc1. The van der Waals surface area contributed by atoms with Crippen LogP contribution in [0.25, 0.3) is 0 Å². The first-order valence-corrected chi connectivity index (χ1v) is 11.1. The number of hydrogen-bond acceptors (Lipinski definition) is 3. The average molecular weight is 527 g/mol. The number of nitrogens with zero attached hydrogens (tertiary/aromatic N) is 1. The van der Waals surface area contributed by atoms with Crippen LogP contribution in [0.1, 0.15) is 0 Å². The van der Waals surface area contributed by atoms with Gasteiger partial charge in [-0.3, -0.25) is 9.10 Å². The molecule has 0 saturated carbocycles. The number of benzene rings is 3. The van der Waals surface area contributed by atoms with Crippen molar-refractivity contribution in [1.82, 2.24) is 0 Å². The third kappa shape index (κ3) is 5.03. The van der Waals surface area contributed by atoms with Gasteiger partial charge in [0.15, 0.2) is 0 Å². The van der Waals surface area contributed by atoms with Crippen LogP contribution >= 0.6 is 34.2 Å². The van der Waals surface area contributed by atoms with Gasteiger partial charge in [-0.15, -0.1) is 0 Å². The summed E-state index contributed by atoms with van der Waals surface area (Å²) in [6.07, 6.45) is 0. The van der Waals surface area contributed by atoms with Crippen LogP contribution in [0.3, 0.4) is 0 Å². The predicted molar refractivity (Wildman–Crippen MR) is 120 cm³/mol. The molecule has 0 radical (unpaired) electrons. The molecule has 0 aliphatic carbocycles. The second kappa shape index (κ2) is 8.93. The molecule has 0 aliphatic rings. The van der Waals surface area contributed by atoms with E-state index >= 15 is 0 Å². The zero-order chi connectivity index (χ0) is 20.1. The molecule has 0 unspecified atom stereocenters. The lowest BCUT2D eigenvalue weighted by atomic mass is 10.3. The van der Waals surface area contributed by atoms with Gasteiger partial charge >= 0.3 is 0 Å². The zero-order valence-electron chi connectivity index (χ0n) is 14.5. The highest BCUT2D eigenvalue weighted by atomic mass is 127. The number of nitrogens with one attached hydrogen (secondary N) is 1. The summed E-state index contributed by atoms with van der Waals surface area (Å²) < 4.78 is 28.5. The molecule has 144 valence electrons. The molecule has 0 atom stereocenters. The lowest BCUT2D eigenvalue weighted by molar-refractivity contribution is -0.114. The number of halogens is 2. The van der Waals surface area contributed by atoms with Crippen molar-refractivity contribution in [1.29, 1.82) is 0 Å². The number of hydrogen-bond donors (Lipinski definition) is 1. The Kier molecular flexibility index (Phi) is 6.58. The fourth-order valence-electron chi connectivity index (χ4n) is 2.51. The summed E-state index contributed by atoms with van der Waals surface area (Å²) in [7, 11) is -3.95. The van der Waals surface area contributed by atoms with E-state index in [0.717, 1.165) is 7.88 Å². The second-order valence-electron chi connectivity index (χ2n) is 5.86. The minimum atomic E-state index is -3.95. The summed E-state index contributed by atoms with van der Waals surface area (Å²) in [5.41, 5.74) is 0.998. The van der Waals surface area contributed by atoms with Crippen molar-refractivity contribution in [3.8, 4) is 0 Å². The largest absolute Gasteiger partial charge is 0.325 e. The highest BCUT2D eigenvalue weighted by Crippen LogP contribution is 2.24. The number of rotatable bonds is 6. The molecule has 0 heterocycles. The summed E-state index contributed by atoms with van der Waals surface area (Å²) in [4.78, 5) is 12.6. The van der Waals surface area contributed by atoms with Gasteiger partial charge < -0.3 is 5.32 Å². The first-order chi connectivity index (χ1) is 13.4. The third-order valence-electron chi connectivity index (χ3n) is 3.86. The molecule has 0 fully saturated rings. The first-order valence-electron chi connectivity index (χ1n) is 8.25. The molecule has 1 amide bonds. The zero-order valence-corrected chi connectivity index (χ0v) is 18.3. The van der Waals surface area contributed by atoms with Crippen molar-refractivity contribution in [3.05, 3.63) is 87.5 Å². The van der Waals surface area contributed by atoms with Gasteiger partial charge in [0.1, 0.15) is 6.54 Å². The van der Waals surface area contributed by atoms with Crippen LogP contribution in [0.2, 0.25) is 5.02 Å². The molecule has 3 aromatic carbocycles. The summed E-state index contributed by atoms with van der Waals surface area (Å²) in [5.74, 6) is -0.442. The molecule has 0 aromatic heterocycles. The van der Waals surface area contributed by atoms with Crippen LogP contribution in [0.15, 0.2) is 83.8 Å².